The Morgan fingerprint density at radius 3 is 2.58 bits per heavy atom. The summed E-state index contributed by atoms with van der Waals surface area (Å²) in [6.07, 6.45) is 5.75. The minimum atomic E-state index is 0.455. The van der Waals surface area contributed by atoms with Gasteiger partial charge in [0.05, 0.1) is 7.11 Å². The zero-order valence-electron chi connectivity index (χ0n) is 18.7. The molecule has 172 valence electrons. The molecule has 10 heteroatoms. The Balaban J connectivity index is 1.47. The van der Waals surface area contributed by atoms with Crippen LogP contribution in [0.4, 0.5) is 11.8 Å². The lowest BCUT2D eigenvalue weighted by molar-refractivity contribution is 0.414. The SMILES string of the molecule is COc1ccc(CNC(=S)Nc2nc(Sc3ncccn3)cc(N3CCC(C)CC3)n2)cc1. The molecule has 0 amide bonds. The molecule has 2 aromatic heterocycles. The second-order valence-corrected chi connectivity index (χ2v) is 9.24. The highest BCUT2D eigenvalue weighted by Crippen LogP contribution is 2.29. The Hall–Kier alpha value is -2.98. The molecule has 0 bridgehead atoms. The number of thiocarbonyl (C=S) groups is 1. The van der Waals surface area contributed by atoms with Crippen molar-refractivity contribution in [3.63, 3.8) is 0 Å². The van der Waals surface area contributed by atoms with Gasteiger partial charge >= 0.3 is 0 Å². The van der Waals surface area contributed by atoms with Crippen LogP contribution in [-0.4, -0.2) is 45.2 Å². The molecular weight excluding hydrogens is 454 g/mol. The Labute approximate surface area is 203 Å². The molecule has 8 nitrogen and oxygen atoms in total. The van der Waals surface area contributed by atoms with Crippen molar-refractivity contribution in [2.45, 2.75) is 36.5 Å². The second kappa shape index (κ2) is 11.2. The third kappa shape index (κ3) is 6.75. The number of aromatic nitrogens is 4. The average Bonchev–Trinajstić information content (AvgIpc) is 2.84. The first-order valence-electron chi connectivity index (χ1n) is 10.9. The van der Waals surface area contributed by atoms with Crippen molar-refractivity contribution in [1.29, 1.82) is 0 Å². The quantitative estimate of drug-likeness (QED) is 0.291. The van der Waals surface area contributed by atoms with Crippen LogP contribution in [0.2, 0.25) is 0 Å². The first-order valence-corrected chi connectivity index (χ1v) is 12.1. The Kier molecular flexibility index (Phi) is 7.90. The van der Waals surface area contributed by atoms with Crippen LogP contribution >= 0.6 is 24.0 Å². The van der Waals surface area contributed by atoms with E-state index in [-0.39, 0.29) is 0 Å². The molecular formula is C23H27N7OS2. The van der Waals surface area contributed by atoms with E-state index in [1.165, 1.54) is 11.8 Å². The summed E-state index contributed by atoms with van der Waals surface area (Å²) in [4.78, 5) is 20.3. The van der Waals surface area contributed by atoms with E-state index in [4.69, 9.17) is 21.9 Å². The zero-order chi connectivity index (χ0) is 23.0. The van der Waals surface area contributed by atoms with Crippen molar-refractivity contribution < 1.29 is 4.74 Å². The van der Waals surface area contributed by atoms with Crippen LogP contribution in [0.1, 0.15) is 25.3 Å². The fourth-order valence-corrected chi connectivity index (χ4v) is 4.30. The van der Waals surface area contributed by atoms with Crippen molar-refractivity contribution in [3.8, 4) is 5.75 Å². The molecule has 1 aromatic carbocycles. The van der Waals surface area contributed by atoms with Crippen LogP contribution in [0.3, 0.4) is 0 Å². The summed E-state index contributed by atoms with van der Waals surface area (Å²) in [5.74, 6) is 2.90. The monoisotopic (exact) mass is 481 g/mol. The van der Waals surface area contributed by atoms with Gasteiger partial charge in [0.2, 0.25) is 5.95 Å². The number of ether oxygens (including phenoxy) is 1. The van der Waals surface area contributed by atoms with Gasteiger partial charge in [-0.05, 0) is 66.5 Å². The average molecular weight is 482 g/mol. The summed E-state index contributed by atoms with van der Waals surface area (Å²) in [6.45, 7) is 4.83. The van der Waals surface area contributed by atoms with Crippen molar-refractivity contribution in [3.05, 3.63) is 54.4 Å². The molecule has 0 radical (unpaired) electrons. The minimum Gasteiger partial charge on any atom is -0.497 e. The summed E-state index contributed by atoms with van der Waals surface area (Å²) in [6, 6.07) is 11.6. The number of methoxy groups -OCH3 is 1. The Bertz CT molecular complexity index is 1060. The fraction of sp³-hybridized carbons (Fsp3) is 0.348. The molecule has 0 aliphatic carbocycles. The molecule has 0 unspecified atom stereocenters. The van der Waals surface area contributed by atoms with Gasteiger partial charge < -0.3 is 20.3 Å². The van der Waals surface area contributed by atoms with Crippen molar-refractivity contribution in [2.75, 3.05) is 30.4 Å². The molecule has 1 saturated heterocycles. The van der Waals surface area contributed by atoms with Gasteiger partial charge in [-0.2, -0.15) is 4.98 Å². The molecule has 3 aromatic rings. The first kappa shape index (κ1) is 23.2. The predicted molar refractivity (Wildman–Crippen MR) is 135 cm³/mol. The van der Waals surface area contributed by atoms with Crippen LogP contribution in [0.25, 0.3) is 0 Å². The summed E-state index contributed by atoms with van der Waals surface area (Å²) in [5, 5.41) is 8.22. The van der Waals surface area contributed by atoms with E-state index in [9.17, 15) is 0 Å². The van der Waals surface area contributed by atoms with Crippen LogP contribution < -0.4 is 20.3 Å². The number of nitrogens with zero attached hydrogens (tertiary/aromatic N) is 5. The molecule has 0 spiro atoms. The molecule has 1 aliphatic heterocycles. The third-order valence-electron chi connectivity index (χ3n) is 5.37. The second-order valence-electron chi connectivity index (χ2n) is 7.85. The van der Waals surface area contributed by atoms with Crippen LogP contribution in [0, 0.1) is 5.92 Å². The van der Waals surface area contributed by atoms with Gasteiger partial charge in [-0.15, -0.1) is 0 Å². The maximum Gasteiger partial charge on any atom is 0.232 e. The van der Waals surface area contributed by atoms with Gasteiger partial charge in [0.1, 0.15) is 16.6 Å². The normalized spacial score (nSPS) is 14.1. The van der Waals surface area contributed by atoms with Crippen molar-refractivity contribution in [1.82, 2.24) is 25.3 Å². The summed E-state index contributed by atoms with van der Waals surface area (Å²) >= 11 is 6.91. The lowest BCUT2D eigenvalue weighted by Gasteiger charge is -2.31. The maximum atomic E-state index is 5.50. The standard InChI is InChI=1S/C23H27N7OS2/c1-16-8-12-30(13-9-16)19-14-20(33-23-24-10-3-11-25-23)28-21(27-19)29-22(32)26-15-17-4-6-18(31-2)7-5-17/h3-7,10-11,14,16H,8-9,12-13,15H2,1-2H3,(H2,26,27,28,29,32). The largest absolute Gasteiger partial charge is 0.497 e. The molecule has 2 N–H and O–H groups in total. The van der Waals surface area contributed by atoms with E-state index in [2.05, 4.69) is 37.4 Å². The number of benzene rings is 1. The number of hydrogen-bond donors (Lipinski definition) is 2. The summed E-state index contributed by atoms with van der Waals surface area (Å²) in [5.41, 5.74) is 1.09. The van der Waals surface area contributed by atoms with E-state index in [0.29, 0.717) is 22.8 Å². The van der Waals surface area contributed by atoms with E-state index < -0.39 is 0 Å². The first-order chi connectivity index (χ1) is 16.1. The molecule has 3 heterocycles. The van der Waals surface area contributed by atoms with E-state index >= 15 is 0 Å². The topological polar surface area (TPSA) is 88.1 Å². The number of piperidine rings is 1. The lowest BCUT2D eigenvalue weighted by Crippen LogP contribution is -2.34. The fourth-order valence-electron chi connectivity index (χ4n) is 3.42. The highest BCUT2D eigenvalue weighted by molar-refractivity contribution is 7.99. The molecule has 0 saturated carbocycles. The molecule has 33 heavy (non-hydrogen) atoms. The number of anilines is 2. The van der Waals surface area contributed by atoms with E-state index in [0.717, 1.165) is 54.0 Å². The summed E-state index contributed by atoms with van der Waals surface area (Å²) in [7, 11) is 1.65. The number of rotatable bonds is 7. The van der Waals surface area contributed by atoms with Crippen molar-refractivity contribution >= 4 is 40.9 Å². The van der Waals surface area contributed by atoms with Gasteiger partial charge in [-0.1, -0.05) is 19.1 Å². The highest BCUT2D eigenvalue weighted by atomic mass is 32.2. The number of hydrogen-bond acceptors (Lipinski definition) is 8. The minimum absolute atomic E-state index is 0.455. The van der Waals surface area contributed by atoms with E-state index in [1.807, 2.05) is 30.3 Å². The van der Waals surface area contributed by atoms with Crippen LogP contribution in [0.15, 0.2) is 59.0 Å². The maximum absolute atomic E-state index is 5.50. The Morgan fingerprint density at radius 1 is 1.15 bits per heavy atom. The number of nitrogens with one attached hydrogen (secondary N) is 2. The molecule has 1 aliphatic rings. The van der Waals surface area contributed by atoms with Crippen LogP contribution in [0.5, 0.6) is 5.75 Å². The Morgan fingerprint density at radius 2 is 1.88 bits per heavy atom. The van der Waals surface area contributed by atoms with E-state index in [1.54, 1.807) is 25.6 Å². The highest BCUT2D eigenvalue weighted by Gasteiger charge is 2.19. The molecule has 1 fully saturated rings. The lowest BCUT2D eigenvalue weighted by atomic mass is 9.99. The molecule has 4 rings (SSSR count). The van der Waals surface area contributed by atoms with Crippen LogP contribution in [-0.2, 0) is 6.54 Å². The van der Waals surface area contributed by atoms with Gasteiger partial charge in [-0.25, -0.2) is 15.0 Å². The van der Waals surface area contributed by atoms with Gasteiger partial charge in [-0.3, -0.25) is 0 Å². The third-order valence-corrected chi connectivity index (χ3v) is 6.43. The van der Waals surface area contributed by atoms with Gasteiger partial charge in [0.15, 0.2) is 10.3 Å². The zero-order valence-corrected chi connectivity index (χ0v) is 20.3. The van der Waals surface area contributed by atoms with Gasteiger partial charge in [0, 0.05) is 38.1 Å². The van der Waals surface area contributed by atoms with Gasteiger partial charge in [0.25, 0.3) is 0 Å². The van der Waals surface area contributed by atoms with Crippen molar-refractivity contribution in [2.24, 2.45) is 5.92 Å². The smallest absolute Gasteiger partial charge is 0.232 e. The molecule has 0 atom stereocenters. The summed E-state index contributed by atoms with van der Waals surface area (Å²) < 4.78 is 5.20. The predicted octanol–water partition coefficient (Wildman–Crippen LogP) is 4.15.